The molecule has 2 aliphatic heterocycles. The largest absolute Gasteiger partial charge is 0.374 e. The highest BCUT2D eigenvalue weighted by Gasteiger charge is 2.31. The second-order valence-corrected chi connectivity index (χ2v) is 7.42. The van der Waals surface area contributed by atoms with Crippen LogP contribution in [-0.2, 0) is 11.2 Å². The van der Waals surface area contributed by atoms with Gasteiger partial charge in [-0.05, 0) is 48.6 Å². The molecule has 22 heavy (non-hydrogen) atoms. The lowest BCUT2D eigenvalue weighted by Gasteiger charge is -2.27. The van der Waals surface area contributed by atoms with Crippen LogP contribution in [0.25, 0.3) is 6.08 Å². The number of thioether (sulfide) groups is 1. The summed E-state index contributed by atoms with van der Waals surface area (Å²) in [5.74, 6) is 0.0479. The van der Waals surface area contributed by atoms with Crippen LogP contribution in [0.15, 0.2) is 23.1 Å². The first-order valence-electron chi connectivity index (χ1n) is 7.69. The lowest BCUT2D eigenvalue weighted by molar-refractivity contribution is -0.122. The predicted octanol–water partition coefficient (Wildman–Crippen LogP) is 3.68. The van der Waals surface area contributed by atoms with Crippen LogP contribution < -0.4 is 4.90 Å². The molecule has 116 valence electrons. The van der Waals surface area contributed by atoms with Crippen LogP contribution >= 0.6 is 24.0 Å². The van der Waals surface area contributed by atoms with E-state index >= 15 is 0 Å². The van der Waals surface area contributed by atoms with Crippen LogP contribution in [0.2, 0.25) is 0 Å². The standard InChI is InChI=1S/C17H20N2OS2/c1-3-8-19-16(20)15(22-17(19)21)11-12-6-7-14-13(10-12)5-4-9-18(14)2/h6-7,10-11H,3-5,8-9H2,1-2H3/b15-11-. The first-order chi connectivity index (χ1) is 10.6. The number of amides is 1. The smallest absolute Gasteiger partial charge is 0.266 e. The number of nitrogens with zero attached hydrogens (tertiary/aromatic N) is 2. The number of hydrogen-bond donors (Lipinski definition) is 0. The molecule has 1 saturated heterocycles. The van der Waals surface area contributed by atoms with Crippen molar-refractivity contribution >= 4 is 46.0 Å². The van der Waals surface area contributed by atoms with Gasteiger partial charge in [-0.1, -0.05) is 37.0 Å². The number of aryl methyl sites for hydroxylation is 1. The van der Waals surface area contributed by atoms with Crippen molar-refractivity contribution in [3.8, 4) is 0 Å². The molecule has 1 aromatic carbocycles. The normalized spacial score (nSPS) is 20.0. The third-order valence-corrected chi connectivity index (χ3v) is 5.45. The van der Waals surface area contributed by atoms with E-state index in [2.05, 4.69) is 37.1 Å². The van der Waals surface area contributed by atoms with Gasteiger partial charge >= 0.3 is 0 Å². The number of hydrogen-bond acceptors (Lipinski definition) is 4. The van der Waals surface area contributed by atoms with Gasteiger partial charge in [0.25, 0.3) is 5.91 Å². The minimum atomic E-state index is 0.0479. The highest BCUT2D eigenvalue weighted by molar-refractivity contribution is 8.26. The number of fused-ring (bicyclic) bond motifs is 1. The lowest BCUT2D eigenvalue weighted by atomic mass is 9.99. The van der Waals surface area contributed by atoms with Crippen molar-refractivity contribution in [1.29, 1.82) is 0 Å². The summed E-state index contributed by atoms with van der Waals surface area (Å²) in [5, 5.41) is 0. The van der Waals surface area contributed by atoms with Gasteiger partial charge in [0, 0.05) is 25.8 Å². The third kappa shape index (κ3) is 2.92. The topological polar surface area (TPSA) is 23.6 Å². The van der Waals surface area contributed by atoms with Crippen molar-refractivity contribution in [3.05, 3.63) is 34.2 Å². The zero-order chi connectivity index (χ0) is 15.7. The average Bonchev–Trinajstić information content (AvgIpc) is 2.75. The summed E-state index contributed by atoms with van der Waals surface area (Å²) in [5.41, 5.74) is 3.76. The van der Waals surface area contributed by atoms with Gasteiger partial charge in [0.2, 0.25) is 0 Å². The molecule has 3 rings (SSSR count). The number of rotatable bonds is 3. The molecule has 5 heteroatoms. The highest BCUT2D eigenvalue weighted by Crippen LogP contribution is 2.34. The van der Waals surface area contributed by atoms with Crippen LogP contribution in [0.5, 0.6) is 0 Å². The maximum Gasteiger partial charge on any atom is 0.266 e. The fraction of sp³-hybridized carbons (Fsp3) is 0.412. The Balaban J connectivity index is 1.87. The molecule has 0 saturated carbocycles. The zero-order valence-electron chi connectivity index (χ0n) is 13.0. The van der Waals surface area contributed by atoms with Gasteiger partial charge in [0.1, 0.15) is 4.32 Å². The minimum Gasteiger partial charge on any atom is -0.374 e. The predicted molar refractivity (Wildman–Crippen MR) is 98.2 cm³/mol. The van der Waals surface area contributed by atoms with E-state index in [0.717, 1.165) is 29.9 Å². The van der Waals surface area contributed by atoms with Gasteiger partial charge in [-0.3, -0.25) is 9.69 Å². The Morgan fingerprint density at radius 2 is 2.23 bits per heavy atom. The third-order valence-electron chi connectivity index (χ3n) is 4.07. The summed E-state index contributed by atoms with van der Waals surface area (Å²) < 4.78 is 0.677. The van der Waals surface area contributed by atoms with Gasteiger partial charge in [0.15, 0.2) is 0 Å². The maximum absolute atomic E-state index is 12.4. The molecule has 2 heterocycles. The molecule has 0 aliphatic carbocycles. The van der Waals surface area contributed by atoms with Crippen molar-refractivity contribution in [3.63, 3.8) is 0 Å². The van der Waals surface area contributed by atoms with Crippen molar-refractivity contribution in [2.45, 2.75) is 26.2 Å². The summed E-state index contributed by atoms with van der Waals surface area (Å²) in [7, 11) is 2.13. The van der Waals surface area contributed by atoms with Gasteiger partial charge < -0.3 is 4.90 Å². The SMILES string of the molecule is CCCN1C(=O)/C(=C/c2ccc3c(c2)CCCN3C)SC1=S. The van der Waals surface area contributed by atoms with Crippen LogP contribution in [0, 0.1) is 0 Å². The summed E-state index contributed by atoms with van der Waals surface area (Å²) in [6.07, 6.45) is 5.19. The molecule has 0 aromatic heterocycles. The summed E-state index contributed by atoms with van der Waals surface area (Å²) in [4.78, 5) is 17.1. The lowest BCUT2D eigenvalue weighted by Crippen LogP contribution is -2.28. The average molecular weight is 332 g/mol. The van der Waals surface area contributed by atoms with E-state index in [1.165, 1.54) is 29.4 Å². The molecule has 0 atom stereocenters. The second-order valence-electron chi connectivity index (χ2n) is 5.75. The quantitative estimate of drug-likeness (QED) is 0.622. The van der Waals surface area contributed by atoms with Crippen molar-refractivity contribution in [2.24, 2.45) is 0 Å². The van der Waals surface area contributed by atoms with Crippen molar-refractivity contribution in [1.82, 2.24) is 4.90 Å². The Labute approximate surface area is 141 Å². The zero-order valence-corrected chi connectivity index (χ0v) is 14.6. The highest BCUT2D eigenvalue weighted by atomic mass is 32.2. The first-order valence-corrected chi connectivity index (χ1v) is 8.92. The number of carbonyl (C=O) groups excluding carboxylic acids is 1. The van der Waals surface area contributed by atoms with Crippen LogP contribution in [0.3, 0.4) is 0 Å². The Hall–Kier alpha value is -1.33. The molecule has 1 fully saturated rings. The molecule has 3 nitrogen and oxygen atoms in total. The van der Waals surface area contributed by atoms with E-state index in [4.69, 9.17) is 12.2 Å². The Morgan fingerprint density at radius 1 is 1.41 bits per heavy atom. The fourth-order valence-corrected chi connectivity index (χ4v) is 4.27. The molecular weight excluding hydrogens is 312 g/mol. The summed E-state index contributed by atoms with van der Waals surface area (Å²) in [6, 6.07) is 6.46. The maximum atomic E-state index is 12.4. The molecule has 0 bridgehead atoms. The number of anilines is 1. The summed E-state index contributed by atoms with van der Waals surface area (Å²) in [6.45, 7) is 3.88. The fourth-order valence-electron chi connectivity index (χ4n) is 2.96. The molecule has 0 radical (unpaired) electrons. The monoisotopic (exact) mass is 332 g/mol. The van der Waals surface area contributed by atoms with E-state index in [1.54, 1.807) is 4.90 Å². The van der Waals surface area contributed by atoms with Gasteiger partial charge in [-0.2, -0.15) is 0 Å². The molecule has 2 aliphatic rings. The van der Waals surface area contributed by atoms with Gasteiger partial charge in [0.05, 0.1) is 4.91 Å². The van der Waals surface area contributed by atoms with Crippen molar-refractivity contribution in [2.75, 3.05) is 25.0 Å². The minimum absolute atomic E-state index is 0.0479. The molecule has 1 aromatic rings. The van der Waals surface area contributed by atoms with Crippen molar-refractivity contribution < 1.29 is 4.79 Å². The second kappa shape index (κ2) is 6.42. The van der Waals surface area contributed by atoms with Crippen LogP contribution in [0.1, 0.15) is 30.9 Å². The van der Waals surface area contributed by atoms with E-state index in [-0.39, 0.29) is 5.91 Å². The molecule has 0 N–H and O–H groups in total. The Morgan fingerprint density at radius 3 is 3.00 bits per heavy atom. The molecular formula is C17H20N2OS2. The first kappa shape index (κ1) is 15.6. The van der Waals surface area contributed by atoms with E-state index < -0.39 is 0 Å². The Bertz CT molecular complexity index is 654. The van der Waals surface area contributed by atoms with E-state index in [9.17, 15) is 4.79 Å². The molecule has 0 spiro atoms. The van der Waals surface area contributed by atoms with Crippen LogP contribution in [0.4, 0.5) is 5.69 Å². The number of thiocarbonyl (C=S) groups is 1. The van der Waals surface area contributed by atoms with Gasteiger partial charge in [-0.25, -0.2) is 0 Å². The number of benzene rings is 1. The number of carbonyl (C=O) groups is 1. The Kier molecular flexibility index (Phi) is 4.54. The van der Waals surface area contributed by atoms with E-state index in [1.807, 2.05) is 6.08 Å². The van der Waals surface area contributed by atoms with Gasteiger partial charge in [-0.15, -0.1) is 0 Å². The van der Waals surface area contributed by atoms with E-state index in [0.29, 0.717) is 10.9 Å². The molecule has 1 amide bonds. The molecule has 0 unspecified atom stereocenters. The summed E-state index contributed by atoms with van der Waals surface area (Å²) >= 11 is 6.72. The van der Waals surface area contributed by atoms with Crippen LogP contribution in [-0.4, -0.2) is 35.3 Å².